The molecule has 0 aliphatic carbocycles. The highest BCUT2D eigenvalue weighted by atomic mass is 35.5. The van der Waals surface area contributed by atoms with Crippen LogP contribution in [0.3, 0.4) is 0 Å². The second-order valence-corrected chi connectivity index (χ2v) is 8.28. The first-order valence-electron chi connectivity index (χ1n) is 8.58. The molecule has 0 saturated carbocycles. The number of rotatable bonds is 3. The molecule has 7 nitrogen and oxygen atoms in total. The number of aliphatic imine (C=N–C) groups is 1. The van der Waals surface area contributed by atoms with Gasteiger partial charge in [-0.2, -0.15) is 5.10 Å². The van der Waals surface area contributed by atoms with Gasteiger partial charge >= 0.3 is 0 Å². The Labute approximate surface area is 169 Å². The quantitative estimate of drug-likeness (QED) is 0.530. The van der Waals surface area contributed by atoms with Crippen molar-refractivity contribution in [2.24, 2.45) is 10.7 Å². The normalized spacial score (nSPS) is 18.7. The van der Waals surface area contributed by atoms with Crippen molar-refractivity contribution in [1.82, 2.24) is 20.4 Å². The van der Waals surface area contributed by atoms with Gasteiger partial charge in [0.2, 0.25) is 12.3 Å². The number of amidine groups is 1. The van der Waals surface area contributed by atoms with Crippen LogP contribution in [0.5, 0.6) is 0 Å². The van der Waals surface area contributed by atoms with Gasteiger partial charge in [-0.1, -0.05) is 23.7 Å². The molecular formula is C19H15ClN6OS. The van der Waals surface area contributed by atoms with Gasteiger partial charge in [-0.15, -0.1) is 21.5 Å². The lowest BCUT2D eigenvalue weighted by atomic mass is 9.90. The lowest BCUT2D eigenvalue weighted by molar-refractivity contribution is 0.491. The van der Waals surface area contributed by atoms with E-state index in [9.17, 15) is 0 Å². The summed E-state index contributed by atoms with van der Waals surface area (Å²) in [6, 6.07) is 9.89. The van der Waals surface area contributed by atoms with Gasteiger partial charge in [0.25, 0.3) is 0 Å². The van der Waals surface area contributed by atoms with Gasteiger partial charge < -0.3 is 10.2 Å². The summed E-state index contributed by atoms with van der Waals surface area (Å²) in [6.45, 7) is 2.04. The summed E-state index contributed by atoms with van der Waals surface area (Å²) in [5, 5.41) is 15.5. The fourth-order valence-electron chi connectivity index (χ4n) is 3.49. The van der Waals surface area contributed by atoms with E-state index in [0.29, 0.717) is 23.2 Å². The molecule has 4 heterocycles. The summed E-state index contributed by atoms with van der Waals surface area (Å²) in [7, 11) is 0. The fourth-order valence-corrected chi connectivity index (χ4v) is 5.12. The predicted molar refractivity (Wildman–Crippen MR) is 108 cm³/mol. The standard InChI is InChI=1S/C19H15ClN6OS/c1-19(7-14-12(8-22-25-14)17(21)24-19)16-13(20)6-15(28-16)10-3-2-4-11(5-10)18-26-23-9-27-18/h2-6,8-9H,7H2,1H3,(H2,21,24)(H,22,25)/t19-/m0/s1. The maximum absolute atomic E-state index is 6.64. The van der Waals surface area contributed by atoms with Crippen molar-refractivity contribution in [3.63, 3.8) is 0 Å². The highest BCUT2D eigenvalue weighted by molar-refractivity contribution is 7.16. The van der Waals surface area contributed by atoms with Crippen molar-refractivity contribution >= 4 is 28.8 Å². The molecule has 0 amide bonds. The molecule has 0 bridgehead atoms. The van der Waals surface area contributed by atoms with Gasteiger partial charge in [-0.05, 0) is 30.7 Å². The third-order valence-corrected chi connectivity index (χ3v) is 6.66. The van der Waals surface area contributed by atoms with Crippen LogP contribution in [0.1, 0.15) is 23.1 Å². The van der Waals surface area contributed by atoms with Crippen LogP contribution >= 0.6 is 22.9 Å². The van der Waals surface area contributed by atoms with Crippen LogP contribution in [-0.4, -0.2) is 26.2 Å². The van der Waals surface area contributed by atoms with Crippen LogP contribution in [0.2, 0.25) is 5.02 Å². The van der Waals surface area contributed by atoms with Gasteiger partial charge in [0, 0.05) is 22.6 Å². The number of thiophene rings is 1. The van der Waals surface area contributed by atoms with Gasteiger partial charge in [-0.3, -0.25) is 10.1 Å². The number of nitrogens with one attached hydrogen (secondary N) is 1. The van der Waals surface area contributed by atoms with Crippen LogP contribution in [0.4, 0.5) is 0 Å². The van der Waals surface area contributed by atoms with Crippen molar-refractivity contribution < 1.29 is 4.42 Å². The van der Waals surface area contributed by atoms with Crippen molar-refractivity contribution in [2.75, 3.05) is 0 Å². The van der Waals surface area contributed by atoms with E-state index in [0.717, 1.165) is 32.1 Å². The number of benzene rings is 1. The second-order valence-electron chi connectivity index (χ2n) is 6.82. The third kappa shape index (κ3) is 2.73. The molecule has 5 rings (SSSR count). The Morgan fingerprint density at radius 3 is 2.96 bits per heavy atom. The molecule has 1 aromatic carbocycles. The zero-order valence-electron chi connectivity index (χ0n) is 14.8. The molecule has 4 aromatic rings. The maximum atomic E-state index is 6.64. The third-order valence-electron chi connectivity index (χ3n) is 4.81. The average Bonchev–Trinajstić information content (AvgIpc) is 3.42. The van der Waals surface area contributed by atoms with E-state index in [1.165, 1.54) is 6.39 Å². The smallest absolute Gasteiger partial charge is 0.247 e. The summed E-state index contributed by atoms with van der Waals surface area (Å²) >= 11 is 8.25. The maximum Gasteiger partial charge on any atom is 0.247 e. The number of hydrogen-bond acceptors (Lipinski definition) is 7. The number of fused-ring (bicyclic) bond motifs is 1. The van der Waals surface area contributed by atoms with Crippen molar-refractivity contribution in [3.05, 3.63) is 64.1 Å². The van der Waals surface area contributed by atoms with E-state index < -0.39 is 5.54 Å². The lowest BCUT2D eigenvalue weighted by Crippen LogP contribution is -2.32. The van der Waals surface area contributed by atoms with Gasteiger partial charge in [-0.25, -0.2) is 0 Å². The van der Waals surface area contributed by atoms with E-state index in [2.05, 4.69) is 20.4 Å². The molecule has 0 radical (unpaired) electrons. The number of aromatic nitrogens is 4. The molecule has 0 unspecified atom stereocenters. The average molecular weight is 411 g/mol. The molecule has 140 valence electrons. The van der Waals surface area contributed by atoms with Gasteiger partial charge in [0.15, 0.2) is 0 Å². The molecule has 0 saturated heterocycles. The van der Waals surface area contributed by atoms with Gasteiger partial charge in [0.1, 0.15) is 11.4 Å². The Morgan fingerprint density at radius 2 is 2.14 bits per heavy atom. The number of hydrogen-bond donors (Lipinski definition) is 2. The highest BCUT2D eigenvalue weighted by Gasteiger charge is 2.36. The van der Waals surface area contributed by atoms with Crippen molar-refractivity contribution in [1.29, 1.82) is 0 Å². The SMILES string of the molecule is C[C@@]1(c2sc(-c3cccc(-c4nnco4)c3)cc2Cl)Cc2[nH]ncc2C(N)=N1. The van der Waals surface area contributed by atoms with Crippen LogP contribution in [0.15, 0.2) is 52.3 Å². The monoisotopic (exact) mass is 410 g/mol. The van der Waals surface area contributed by atoms with Crippen LogP contribution in [-0.2, 0) is 12.0 Å². The molecule has 0 fully saturated rings. The molecule has 3 aromatic heterocycles. The Kier molecular flexibility index (Phi) is 3.85. The molecule has 1 atom stereocenters. The minimum absolute atomic E-state index is 0.474. The number of nitrogens with zero attached hydrogens (tertiary/aromatic N) is 4. The largest absolute Gasteiger partial charge is 0.423 e. The Balaban J connectivity index is 1.55. The summed E-state index contributed by atoms with van der Waals surface area (Å²) in [5.74, 6) is 0.954. The fraction of sp³-hybridized carbons (Fsp3) is 0.158. The summed E-state index contributed by atoms with van der Waals surface area (Å²) < 4.78 is 5.30. The zero-order chi connectivity index (χ0) is 19.3. The summed E-state index contributed by atoms with van der Waals surface area (Å²) in [4.78, 5) is 6.75. The van der Waals surface area contributed by atoms with Crippen molar-refractivity contribution in [2.45, 2.75) is 18.9 Å². The van der Waals surface area contributed by atoms with Crippen molar-refractivity contribution in [3.8, 4) is 21.9 Å². The molecule has 3 N–H and O–H groups in total. The number of nitrogens with two attached hydrogens (primary N) is 1. The van der Waals surface area contributed by atoms with E-state index >= 15 is 0 Å². The Hall–Kier alpha value is -2.97. The molecular weight excluding hydrogens is 396 g/mol. The molecule has 9 heteroatoms. The summed E-state index contributed by atoms with van der Waals surface area (Å²) in [5.41, 5.74) is 9.33. The molecule has 1 aliphatic rings. The topological polar surface area (TPSA) is 106 Å². The Bertz CT molecular complexity index is 1190. The van der Waals surface area contributed by atoms with E-state index in [4.69, 9.17) is 26.7 Å². The number of halogens is 1. The lowest BCUT2D eigenvalue weighted by Gasteiger charge is -2.28. The molecule has 0 spiro atoms. The van der Waals surface area contributed by atoms with Crippen LogP contribution in [0.25, 0.3) is 21.9 Å². The number of aromatic amines is 1. The van der Waals surface area contributed by atoms with Crippen LogP contribution < -0.4 is 5.73 Å². The Morgan fingerprint density at radius 1 is 1.29 bits per heavy atom. The first kappa shape index (κ1) is 17.2. The van der Waals surface area contributed by atoms with E-state index in [1.54, 1.807) is 17.5 Å². The minimum Gasteiger partial charge on any atom is -0.423 e. The first-order chi connectivity index (χ1) is 13.5. The molecule has 28 heavy (non-hydrogen) atoms. The second kappa shape index (κ2) is 6.29. The highest BCUT2D eigenvalue weighted by Crippen LogP contribution is 2.45. The predicted octanol–water partition coefficient (Wildman–Crippen LogP) is 4.02. The van der Waals surface area contributed by atoms with Crippen LogP contribution in [0, 0.1) is 0 Å². The zero-order valence-corrected chi connectivity index (χ0v) is 16.4. The molecule has 1 aliphatic heterocycles. The van der Waals surface area contributed by atoms with Gasteiger partial charge in [0.05, 0.1) is 21.7 Å². The van der Waals surface area contributed by atoms with E-state index in [1.807, 2.05) is 37.3 Å². The van der Waals surface area contributed by atoms with E-state index in [-0.39, 0.29) is 0 Å². The number of H-pyrrole nitrogens is 1. The first-order valence-corrected chi connectivity index (χ1v) is 9.78. The summed E-state index contributed by atoms with van der Waals surface area (Å²) in [6.07, 6.45) is 3.68. The minimum atomic E-state index is -0.548.